The minimum atomic E-state index is -1.04. The van der Waals surface area contributed by atoms with Crippen LogP contribution in [0.3, 0.4) is 0 Å². The van der Waals surface area contributed by atoms with Gasteiger partial charge in [0.1, 0.15) is 10.5 Å². The third kappa shape index (κ3) is 1.88. The van der Waals surface area contributed by atoms with E-state index in [2.05, 4.69) is 0 Å². The Hall–Kier alpha value is 0.669. The van der Waals surface area contributed by atoms with E-state index < -0.39 is 14.8 Å². The zero-order chi connectivity index (χ0) is 5.82. The Kier molecular flexibility index (Phi) is 3.09. The molecule has 1 rings (SSSR count). The Morgan fingerprint density at radius 3 is 2.75 bits per heavy atom. The van der Waals surface area contributed by atoms with Gasteiger partial charge in [0, 0.05) is 6.61 Å². The average molecular weight is 146 g/mol. The lowest BCUT2D eigenvalue weighted by atomic mass is 10.4. The van der Waals surface area contributed by atoms with Crippen LogP contribution in [0, 0.1) is 0 Å². The largest absolute Gasteiger partial charge is 0.662 e. The Morgan fingerprint density at radius 2 is 2.38 bits per heavy atom. The van der Waals surface area contributed by atoms with Crippen molar-refractivity contribution in [2.24, 2.45) is 0 Å². The second-order valence-corrected chi connectivity index (χ2v) is 5.69. The van der Waals surface area contributed by atoms with Crippen molar-refractivity contribution in [1.29, 1.82) is 0 Å². The first kappa shape index (κ1) is 6.78. The highest BCUT2D eigenvalue weighted by molar-refractivity contribution is 6.49. The second-order valence-electron chi connectivity index (χ2n) is 2.03. The van der Waals surface area contributed by atoms with Crippen molar-refractivity contribution in [3.05, 3.63) is 0 Å². The number of rotatable bonds is 1. The van der Waals surface area contributed by atoms with Gasteiger partial charge >= 0.3 is 14.8 Å². The fraction of sp³-hybridized carbons (Fsp3) is 1.00. The maximum atomic E-state index is 5.38. The molecule has 0 amide bonds. The Morgan fingerprint density at radius 1 is 1.50 bits per heavy atom. The molecule has 1 aliphatic heterocycles. The summed E-state index contributed by atoms with van der Waals surface area (Å²) in [6.45, 7) is 0.957. The molecule has 2 nitrogen and oxygen atoms in total. The molecule has 1 saturated heterocycles. The second kappa shape index (κ2) is 3.65. The van der Waals surface area contributed by atoms with E-state index in [0.717, 1.165) is 17.1 Å². The fourth-order valence-electron chi connectivity index (χ4n) is 0.897. The van der Waals surface area contributed by atoms with E-state index in [1.807, 2.05) is 0 Å². The molecule has 0 spiro atoms. The quantitative estimate of drug-likeness (QED) is 0.468. The van der Waals surface area contributed by atoms with Crippen LogP contribution in [-0.2, 0) is 7.27 Å². The van der Waals surface area contributed by atoms with E-state index in [1.165, 1.54) is 18.1 Å². The summed E-state index contributed by atoms with van der Waals surface area (Å²) in [5.41, 5.74) is 0. The van der Waals surface area contributed by atoms with Crippen molar-refractivity contribution < 1.29 is 7.27 Å². The van der Waals surface area contributed by atoms with E-state index in [0.29, 0.717) is 0 Å². The molecule has 1 aliphatic rings. The molecule has 0 atom stereocenters. The summed E-state index contributed by atoms with van der Waals surface area (Å²) in [4.78, 5) is 0. The Labute approximate surface area is 57.8 Å². The molecule has 0 aromatic carbocycles. The normalized spacial score (nSPS) is 21.8. The molecule has 8 heavy (non-hydrogen) atoms. The fourth-order valence-corrected chi connectivity index (χ4v) is 3.60. The molecule has 4 heteroatoms. The molecule has 0 saturated carbocycles. The first-order chi connectivity index (χ1) is 3.93. The maximum Gasteiger partial charge on any atom is 0.662 e. The van der Waals surface area contributed by atoms with E-state index in [-0.39, 0.29) is 0 Å². The third-order valence-corrected chi connectivity index (χ3v) is 4.99. The number of hydrogen-bond donors (Lipinski definition) is 0. The summed E-state index contributed by atoms with van der Waals surface area (Å²) in [5, 5.41) is 1.24. The molecule has 0 radical (unpaired) electrons. The van der Waals surface area contributed by atoms with Crippen LogP contribution in [0.4, 0.5) is 0 Å². The minimum absolute atomic E-state index is 0.867. The summed E-state index contributed by atoms with van der Waals surface area (Å²) in [6.07, 6.45) is 2.58. The first-order valence-corrected chi connectivity index (χ1v) is 5.65. The topological polar surface area (TPSA) is 18.5 Å². The summed E-state index contributed by atoms with van der Waals surface area (Å²) >= 11 is -1.04. The monoisotopic (exact) mass is 146 g/mol. The lowest BCUT2D eigenvalue weighted by Crippen LogP contribution is -2.25. The highest BCUT2D eigenvalue weighted by Crippen LogP contribution is 2.09. The summed E-state index contributed by atoms with van der Waals surface area (Å²) < 4.78 is 10.6. The van der Waals surface area contributed by atoms with Gasteiger partial charge in [-0.05, 0) is 11.7 Å². The molecule has 46 valence electrons. The van der Waals surface area contributed by atoms with Crippen molar-refractivity contribution in [3.63, 3.8) is 0 Å². The van der Waals surface area contributed by atoms with Crippen LogP contribution in [0.1, 0.15) is 12.8 Å². The maximum absolute atomic E-state index is 5.38. The van der Waals surface area contributed by atoms with Crippen molar-refractivity contribution in [2.75, 3.05) is 6.61 Å². The molecular formula is C4H11AlO2Si. The van der Waals surface area contributed by atoms with Gasteiger partial charge in [-0.15, -0.1) is 0 Å². The molecule has 1 heterocycles. The van der Waals surface area contributed by atoms with Crippen LogP contribution in [-0.4, -0.2) is 31.9 Å². The Bertz CT molecular complexity index is 65.1. The smallest absolute Gasteiger partial charge is 0.530 e. The lowest BCUT2D eigenvalue weighted by Gasteiger charge is -2.15. The van der Waals surface area contributed by atoms with Gasteiger partial charge in [0.25, 0.3) is 0 Å². The van der Waals surface area contributed by atoms with Crippen LogP contribution < -0.4 is 0 Å². The van der Waals surface area contributed by atoms with Crippen LogP contribution in [0.25, 0.3) is 0 Å². The summed E-state index contributed by atoms with van der Waals surface area (Å²) in [6, 6.07) is 0. The van der Waals surface area contributed by atoms with E-state index in [1.54, 1.807) is 0 Å². The van der Waals surface area contributed by atoms with Gasteiger partial charge in [-0.25, -0.2) is 0 Å². The van der Waals surface area contributed by atoms with Crippen LogP contribution >= 0.6 is 0 Å². The SMILES string of the molecule is [SiH3][O][Al]1[CH2]CCC[O]1. The predicted octanol–water partition coefficient (Wildman–Crippen LogP) is -0.418. The van der Waals surface area contributed by atoms with Gasteiger partial charge < -0.3 is 7.27 Å². The molecule has 0 aromatic heterocycles. The first-order valence-electron chi connectivity index (χ1n) is 3.08. The number of hydrogen-bond acceptors (Lipinski definition) is 2. The minimum Gasteiger partial charge on any atom is -0.530 e. The third-order valence-electron chi connectivity index (χ3n) is 1.40. The standard InChI is InChI=1S/C4H8O.Al.H3OSi/c1-2-3-4-5;;1-2/h1-4H2;;2H3/q-1;+2;-1. The van der Waals surface area contributed by atoms with Gasteiger partial charge in [-0.2, -0.15) is 0 Å². The summed E-state index contributed by atoms with van der Waals surface area (Å²) in [5.74, 6) is 0. The van der Waals surface area contributed by atoms with Gasteiger partial charge in [-0.3, -0.25) is 0 Å². The van der Waals surface area contributed by atoms with E-state index in [9.17, 15) is 0 Å². The predicted molar refractivity (Wildman–Crippen MR) is 36.8 cm³/mol. The van der Waals surface area contributed by atoms with Crippen molar-refractivity contribution >= 4 is 25.3 Å². The zero-order valence-corrected chi connectivity index (χ0v) is 8.38. The van der Waals surface area contributed by atoms with Crippen LogP contribution in [0.15, 0.2) is 0 Å². The molecule has 0 aliphatic carbocycles. The molecule has 0 N–H and O–H groups in total. The van der Waals surface area contributed by atoms with Gasteiger partial charge in [0.2, 0.25) is 0 Å². The summed E-state index contributed by atoms with van der Waals surface area (Å²) in [7, 11) is 0.867. The van der Waals surface area contributed by atoms with Crippen molar-refractivity contribution in [2.45, 2.75) is 18.1 Å². The molecule has 1 fully saturated rings. The highest BCUT2D eigenvalue weighted by atomic mass is 28.2. The zero-order valence-electron chi connectivity index (χ0n) is 5.22. The molecule has 0 bridgehead atoms. The average Bonchev–Trinajstić information content (AvgIpc) is 1.90. The van der Waals surface area contributed by atoms with Crippen molar-refractivity contribution in [3.8, 4) is 0 Å². The van der Waals surface area contributed by atoms with E-state index in [4.69, 9.17) is 7.27 Å². The van der Waals surface area contributed by atoms with Gasteiger partial charge in [-0.1, -0.05) is 6.42 Å². The Balaban J connectivity index is 2.13. The van der Waals surface area contributed by atoms with Gasteiger partial charge in [0.05, 0.1) is 0 Å². The van der Waals surface area contributed by atoms with Crippen molar-refractivity contribution in [1.82, 2.24) is 0 Å². The van der Waals surface area contributed by atoms with Crippen LogP contribution in [0.5, 0.6) is 0 Å². The molecule has 0 unspecified atom stereocenters. The lowest BCUT2D eigenvalue weighted by molar-refractivity contribution is 0.241. The van der Waals surface area contributed by atoms with Gasteiger partial charge in [0.15, 0.2) is 0 Å². The highest BCUT2D eigenvalue weighted by Gasteiger charge is 2.24. The van der Waals surface area contributed by atoms with E-state index >= 15 is 0 Å². The molecular weight excluding hydrogens is 135 g/mol. The molecule has 0 aromatic rings. The van der Waals surface area contributed by atoms with Crippen LogP contribution in [0.2, 0.25) is 5.28 Å².